The molecule has 4 rings (SSSR count). The SMILES string of the molecule is O=C(C=Cc1cccc2ccccc12)c1ccc(S(=O)(=O)N2CCCC2)cc1. The molecule has 1 saturated heterocycles. The minimum absolute atomic E-state index is 0.155. The topological polar surface area (TPSA) is 54.5 Å². The second kappa shape index (κ2) is 7.70. The van der Waals surface area contributed by atoms with Crippen molar-refractivity contribution in [3.8, 4) is 0 Å². The van der Waals surface area contributed by atoms with Crippen molar-refractivity contribution in [2.24, 2.45) is 0 Å². The molecule has 0 unspecified atom stereocenters. The summed E-state index contributed by atoms with van der Waals surface area (Å²) in [5.41, 5.74) is 1.44. The van der Waals surface area contributed by atoms with Gasteiger partial charge in [0.05, 0.1) is 4.90 Å². The summed E-state index contributed by atoms with van der Waals surface area (Å²) in [6, 6.07) is 20.2. The average molecular weight is 391 g/mol. The number of nitrogens with zero attached hydrogens (tertiary/aromatic N) is 1. The van der Waals surface area contributed by atoms with Crippen molar-refractivity contribution in [2.75, 3.05) is 13.1 Å². The lowest BCUT2D eigenvalue weighted by Gasteiger charge is -2.15. The van der Waals surface area contributed by atoms with Gasteiger partial charge in [-0.1, -0.05) is 48.5 Å². The number of hydrogen-bond acceptors (Lipinski definition) is 3. The van der Waals surface area contributed by atoms with Crippen LogP contribution in [0.3, 0.4) is 0 Å². The van der Waals surface area contributed by atoms with E-state index < -0.39 is 10.0 Å². The molecular formula is C23H21NO3S. The van der Waals surface area contributed by atoms with Crippen LogP contribution in [-0.4, -0.2) is 31.6 Å². The van der Waals surface area contributed by atoms with Gasteiger partial charge in [-0.15, -0.1) is 0 Å². The van der Waals surface area contributed by atoms with Crippen molar-refractivity contribution in [3.63, 3.8) is 0 Å². The molecule has 0 aliphatic carbocycles. The summed E-state index contributed by atoms with van der Waals surface area (Å²) in [5, 5.41) is 2.20. The molecule has 5 heteroatoms. The molecule has 0 radical (unpaired) electrons. The van der Waals surface area contributed by atoms with Crippen LogP contribution in [-0.2, 0) is 10.0 Å². The molecule has 28 heavy (non-hydrogen) atoms. The van der Waals surface area contributed by atoms with E-state index in [0.29, 0.717) is 18.7 Å². The third-order valence-electron chi connectivity index (χ3n) is 5.08. The van der Waals surface area contributed by atoms with E-state index in [1.54, 1.807) is 18.2 Å². The third-order valence-corrected chi connectivity index (χ3v) is 6.99. The van der Waals surface area contributed by atoms with Crippen LogP contribution >= 0.6 is 0 Å². The Labute approximate surface area is 165 Å². The molecule has 142 valence electrons. The lowest BCUT2D eigenvalue weighted by atomic mass is 10.0. The standard InChI is InChI=1S/C23H21NO3S/c25-23(15-12-19-8-5-7-18-6-1-2-9-22(18)19)20-10-13-21(14-11-20)28(26,27)24-16-3-4-17-24/h1-2,5-15H,3-4,16-17H2. The molecule has 0 N–H and O–H groups in total. The largest absolute Gasteiger partial charge is 0.289 e. The van der Waals surface area contributed by atoms with Crippen molar-refractivity contribution in [1.29, 1.82) is 0 Å². The molecule has 3 aromatic carbocycles. The monoisotopic (exact) mass is 391 g/mol. The molecule has 4 nitrogen and oxygen atoms in total. The van der Waals surface area contributed by atoms with E-state index in [2.05, 4.69) is 0 Å². The van der Waals surface area contributed by atoms with Gasteiger partial charge in [0, 0.05) is 18.7 Å². The number of ketones is 1. The van der Waals surface area contributed by atoms with Gasteiger partial charge in [-0.25, -0.2) is 8.42 Å². The zero-order chi connectivity index (χ0) is 19.6. The highest BCUT2D eigenvalue weighted by Gasteiger charge is 2.27. The van der Waals surface area contributed by atoms with Gasteiger partial charge in [-0.05, 0) is 59.5 Å². The minimum atomic E-state index is -3.46. The van der Waals surface area contributed by atoms with Crippen molar-refractivity contribution < 1.29 is 13.2 Å². The Morgan fingerprint density at radius 3 is 2.29 bits per heavy atom. The van der Waals surface area contributed by atoms with Crippen molar-refractivity contribution in [3.05, 3.63) is 83.9 Å². The fourth-order valence-electron chi connectivity index (χ4n) is 3.53. The number of fused-ring (bicyclic) bond motifs is 1. The summed E-state index contributed by atoms with van der Waals surface area (Å²) in [4.78, 5) is 12.8. The number of rotatable bonds is 5. The Morgan fingerprint density at radius 2 is 1.54 bits per heavy atom. The summed E-state index contributed by atoms with van der Waals surface area (Å²) >= 11 is 0. The van der Waals surface area contributed by atoms with Gasteiger partial charge in [-0.2, -0.15) is 4.31 Å². The molecule has 0 aromatic heterocycles. The molecule has 1 aliphatic rings. The predicted molar refractivity (Wildman–Crippen MR) is 112 cm³/mol. The Hall–Kier alpha value is -2.76. The van der Waals surface area contributed by atoms with Gasteiger partial charge in [0.25, 0.3) is 0 Å². The van der Waals surface area contributed by atoms with Crippen LogP contribution in [0.15, 0.2) is 77.7 Å². The first-order valence-corrected chi connectivity index (χ1v) is 10.8. The maximum absolute atomic E-state index is 12.6. The second-order valence-electron chi connectivity index (χ2n) is 6.90. The fourth-order valence-corrected chi connectivity index (χ4v) is 5.04. The highest BCUT2D eigenvalue weighted by Crippen LogP contribution is 2.22. The molecule has 0 bridgehead atoms. The Morgan fingerprint density at radius 1 is 0.857 bits per heavy atom. The van der Waals surface area contributed by atoms with Crippen LogP contribution in [0.25, 0.3) is 16.8 Å². The zero-order valence-corrected chi connectivity index (χ0v) is 16.2. The Bertz CT molecular complexity index is 1140. The van der Waals surface area contributed by atoms with Gasteiger partial charge in [0.2, 0.25) is 10.0 Å². The lowest BCUT2D eigenvalue weighted by Crippen LogP contribution is -2.27. The number of hydrogen-bond donors (Lipinski definition) is 0. The number of allylic oxidation sites excluding steroid dienone is 1. The van der Waals surface area contributed by atoms with Gasteiger partial charge in [-0.3, -0.25) is 4.79 Å². The lowest BCUT2D eigenvalue weighted by molar-refractivity contribution is 0.104. The van der Waals surface area contributed by atoms with E-state index in [9.17, 15) is 13.2 Å². The number of carbonyl (C=O) groups excluding carboxylic acids is 1. The summed E-state index contributed by atoms with van der Waals surface area (Å²) in [7, 11) is -3.46. The zero-order valence-electron chi connectivity index (χ0n) is 15.4. The maximum atomic E-state index is 12.6. The first-order chi connectivity index (χ1) is 13.6. The highest BCUT2D eigenvalue weighted by molar-refractivity contribution is 7.89. The molecule has 0 amide bonds. The summed E-state index contributed by atoms with van der Waals surface area (Å²) in [6.45, 7) is 1.13. The quantitative estimate of drug-likeness (QED) is 0.475. The summed E-state index contributed by atoms with van der Waals surface area (Å²) < 4.78 is 26.7. The van der Waals surface area contributed by atoms with Crippen LogP contribution < -0.4 is 0 Å². The molecule has 0 saturated carbocycles. The van der Waals surface area contributed by atoms with Gasteiger partial charge < -0.3 is 0 Å². The minimum Gasteiger partial charge on any atom is -0.289 e. The normalized spacial score (nSPS) is 15.4. The molecule has 0 spiro atoms. The van der Waals surface area contributed by atoms with Crippen molar-refractivity contribution in [1.82, 2.24) is 4.31 Å². The van der Waals surface area contributed by atoms with E-state index in [-0.39, 0.29) is 10.7 Å². The van der Waals surface area contributed by atoms with Crippen molar-refractivity contribution in [2.45, 2.75) is 17.7 Å². The van der Waals surface area contributed by atoms with Crippen LogP contribution in [0.1, 0.15) is 28.8 Å². The Balaban J connectivity index is 1.54. The van der Waals surface area contributed by atoms with E-state index in [4.69, 9.17) is 0 Å². The first-order valence-electron chi connectivity index (χ1n) is 9.36. The van der Waals surface area contributed by atoms with Gasteiger partial charge >= 0.3 is 0 Å². The molecule has 1 fully saturated rings. The van der Waals surface area contributed by atoms with Crippen molar-refractivity contribution >= 4 is 32.7 Å². The number of carbonyl (C=O) groups is 1. The van der Waals surface area contributed by atoms with Gasteiger partial charge in [0.15, 0.2) is 5.78 Å². The molecule has 1 heterocycles. The molecule has 0 atom stereocenters. The smallest absolute Gasteiger partial charge is 0.243 e. The molecule has 3 aromatic rings. The predicted octanol–water partition coefficient (Wildman–Crippen LogP) is 4.52. The van der Waals surface area contributed by atoms with Crippen LogP contribution in [0.5, 0.6) is 0 Å². The van der Waals surface area contributed by atoms with E-state index >= 15 is 0 Å². The van der Waals surface area contributed by atoms with E-state index in [0.717, 1.165) is 29.2 Å². The summed E-state index contributed by atoms with van der Waals surface area (Å²) in [6.07, 6.45) is 5.13. The molecule has 1 aliphatic heterocycles. The maximum Gasteiger partial charge on any atom is 0.243 e. The van der Waals surface area contributed by atoms with E-state index in [1.165, 1.54) is 22.5 Å². The average Bonchev–Trinajstić information content (AvgIpc) is 3.28. The third kappa shape index (κ3) is 3.63. The number of sulfonamides is 1. The van der Waals surface area contributed by atoms with Crippen LogP contribution in [0.4, 0.5) is 0 Å². The number of benzene rings is 3. The first kappa shape index (κ1) is 18.6. The molecular weight excluding hydrogens is 370 g/mol. The second-order valence-corrected chi connectivity index (χ2v) is 8.84. The Kier molecular flexibility index (Phi) is 5.11. The fraction of sp³-hybridized carbons (Fsp3) is 0.174. The van der Waals surface area contributed by atoms with E-state index in [1.807, 2.05) is 42.5 Å². The highest BCUT2D eigenvalue weighted by atomic mass is 32.2. The summed E-state index contributed by atoms with van der Waals surface area (Å²) in [5.74, 6) is -0.155. The van der Waals surface area contributed by atoms with Gasteiger partial charge in [0.1, 0.15) is 0 Å². The van der Waals surface area contributed by atoms with Crippen LogP contribution in [0, 0.1) is 0 Å². The van der Waals surface area contributed by atoms with Crippen LogP contribution in [0.2, 0.25) is 0 Å².